The van der Waals surface area contributed by atoms with Crippen LogP contribution in [0.15, 0.2) is 40.9 Å². The summed E-state index contributed by atoms with van der Waals surface area (Å²) < 4.78 is 17.1. The zero-order chi connectivity index (χ0) is 25.8. The number of aliphatic hydroxyl groups excluding tert-OH is 1. The van der Waals surface area contributed by atoms with E-state index in [4.69, 9.17) is 25.8 Å². The molecule has 0 amide bonds. The Morgan fingerprint density at radius 1 is 1.03 bits per heavy atom. The van der Waals surface area contributed by atoms with Gasteiger partial charge in [-0.25, -0.2) is 4.79 Å². The molecule has 1 heterocycles. The van der Waals surface area contributed by atoms with Crippen LogP contribution < -0.4 is 9.47 Å². The van der Waals surface area contributed by atoms with Crippen molar-refractivity contribution in [3.8, 4) is 22.6 Å². The van der Waals surface area contributed by atoms with Gasteiger partial charge in [0.25, 0.3) is 0 Å². The lowest BCUT2D eigenvalue weighted by Crippen LogP contribution is -2.46. The molecule has 0 aromatic heterocycles. The van der Waals surface area contributed by atoms with E-state index in [-0.39, 0.29) is 6.61 Å². The lowest BCUT2D eigenvalue weighted by Gasteiger charge is -2.34. The summed E-state index contributed by atoms with van der Waals surface area (Å²) in [4.78, 5) is 17.9. The Balaban J connectivity index is 1.91. The number of aliphatic hydroxyl groups is 1. The second-order valence-electron chi connectivity index (χ2n) is 8.65. The number of methoxy groups -OCH3 is 3. The zero-order valence-electron chi connectivity index (χ0n) is 20.6. The number of carbonyl (C=O) groups excluding carboxylic acids is 1. The number of β-amino-alcohol motifs (C(OH)–C–C–N with tert-alkyl or cyclic N) is 1. The normalized spacial score (nSPS) is 14.7. The van der Waals surface area contributed by atoms with Gasteiger partial charge in [0.15, 0.2) is 11.5 Å². The average molecular weight is 578 g/mol. The first-order chi connectivity index (χ1) is 17.4. The maximum Gasteiger partial charge on any atom is 0.338 e. The van der Waals surface area contributed by atoms with Crippen molar-refractivity contribution in [3.63, 3.8) is 0 Å². The van der Waals surface area contributed by atoms with Crippen molar-refractivity contribution in [2.24, 2.45) is 0 Å². The van der Waals surface area contributed by atoms with Crippen LogP contribution in [0.4, 0.5) is 0 Å². The van der Waals surface area contributed by atoms with Gasteiger partial charge in [-0.15, -0.1) is 0 Å². The summed E-state index contributed by atoms with van der Waals surface area (Å²) >= 11 is 10.3. The molecule has 36 heavy (non-hydrogen) atoms. The smallest absolute Gasteiger partial charge is 0.338 e. The fraction of sp³-hybridized carbons (Fsp3) is 0.370. The third kappa shape index (κ3) is 5.33. The van der Waals surface area contributed by atoms with E-state index in [1.165, 1.54) is 7.11 Å². The summed E-state index contributed by atoms with van der Waals surface area (Å²) in [6.07, 6.45) is 0. The maximum absolute atomic E-state index is 13.3. The lowest BCUT2D eigenvalue weighted by molar-refractivity contribution is 0.0597. The summed E-state index contributed by atoms with van der Waals surface area (Å²) in [6, 6.07) is 11.5. The molecule has 1 saturated heterocycles. The third-order valence-corrected chi connectivity index (χ3v) is 7.52. The van der Waals surface area contributed by atoms with Gasteiger partial charge in [-0.1, -0.05) is 23.7 Å². The predicted molar refractivity (Wildman–Crippen MR) is 145 cm³/mol. The summed E-state index contributed by atoms with van der Waals surface area (Å²) in [5.41, 5.74) is 2.86. The minimum atomic E-state index is -0.410. The van der Waals surface area contributed by atoms with E-state index in [2.05, 4.69) is 25.7 Å². The van der Waals surface area contributed by atoms with Crippen LogP contribution in [0.1, 0.15) is 15.9 Å². The van der Waals surface area contributed by atoms with Crippen LogP contribution in [-0.4, -0.2) is 81.5 Å². The molecule has 0 atom stereocenters. The molecule has 0 unspecified atom stereocenters. The average Bonchev–Trinajstić information content (AvgIpc) is 2.88. The Kier molecular flexibility index (Phi) is 8.74. The molecule has 0 spiro atoms. The van der Waals surface area contributed by atoms with Crippen LogP contribution in [0.25, 0.3) is 21.9 Å². The first-order valence-corrected chi connectivity index (χ1v) is 12.9. The molecule has 1 aliphatic heterocycles. The first-order valence-electron chi connectivity index (χ1n) is 11.7. The molecule has 7 nitrogen and oxygen atoms in total. The van der Waals surface area contributed by atoms with Gasteiger partial charge >= 0.3 is 5.97 Å². The van der Waals surface area contributed by atoms with Gasteiger partial charge in [-0.2, -0.15) is 0 Å². The van der Waals surface area contributed by atoms with E-state index < -0.39 is 5.97 Å². The third-order valence-electron chi connectivity index (χ3n) is 6.60. The van der Waals surface area contributed by atoms with Gasteiger partial charge in [-0.05, 0) is 56.7 Å². The Labute approximate surface area is 224 Å². The Bertz CT molecular complexity index is 1260. The molecular weight excluding hydrogens is 548 g/mol. The van der Waals surface area contributed by atoms with Crippen molar-refractivity contribution in [1.29, 1.82) is 0 Å². The molecule has 1 N–H and O–H groups in total. The fourth-order valence-corrected chi connectivity index (χ4v) is 5.65. The molecule has 0 saturated carbocycles. The monoisotopic (exact) mass is 576 g/mol. The van der Waals surface area contributed by atoms with Gasteiger partial charge in [0.2, 0.25) is 0 Å². The largest absolute Gasteiger partial charge is 0.493 e. The van der Waals surface area contributed by atoms with Gasteiger partial charge < -0.3 is 19.3 Å². The van der Waals surface area contributed by atoms with E-state index in [0.29, 0.717) is 39.6 Å². The molecule has 3 aromatic rings. The highest BCUT2D eigenvalue weighted by molar-refractivity contribution is 9.10. The number of ether oxygens (including phenoxy) is 3. The van der Waals surface area contributed by atoms with Crippen molar-refractivity contribution in [1.82, 2.24) is 9.80 Å². The van der Waals surface area contributed by atoms with Gasteiger partial charge in [0, 0.05) is 55.2 Å². The van der Waals surface area contributed by atoms with Gasteiger partial charge in [0.1, 0.15) is 0 Å². The number of carbonyl (C=O) groups is 1. The topological polar surface area (TPSA) is 71.5 Å². The van der Waals surface area contributed by atoms with E-state index in [1.807, 2.05) is 36.4 Å². The molecular formula is C27H30BrClN2O5. The second-order valence-corrected chi connectivity index (χ2v) is 9.91. The van der Waals surface area contributed by atoms with E-state index >= 15 is 0 Å². The minimum Gasteiger partial charge on any atom is -0.493 e. The Morgan fingerprint density at radius 2 is 1.75 bits per heavy atom. The second kappa shape index (κ2) is 11.8. The number of hydrogen-bond acceptors (Lipinski definition) is 7. The van der Waals surface area contributed by atoms with Crippen LogP contribution in [0, 0.1) is 0 Å². The van der Waals surface area contributed by atoms with E-state index in [1.54, 1.807) is 14.2 Å². The predicted octanol–water partition coefficient (Wildman–Crippen LogP) is 4.84. The van der Waals surface area contributed by atoms with Gasteiger partial charge in [0.05, 0.1) is 38.0 Å². The highest BCUT2D eigenvalue weighted by Gasteiger charge is 2.26. The molecule has 1 fully saturated rings. The number of benzene rings is 3. The number of rotatable bonds is 8. The quantitative estimate of drug-likeness (QED) is 0.384. The number of esters is 1. The Hall–Kier alpha value is -2.36. The standard InChI is InChI=1S/C27H30BrClN2O5/c1-34-23-15-17(14-21(28)26(23)35-2)24-19-5-4-6-22(29)20(19)13-18(25(24)27(33)36-3)16-31-9-7-30(8-10-31)11-12-32/h4-6,13-15,32H,7-12,16H2,1-3H3. The summed E-state index contributed by atoms with van der Waals surface area (Å²) in [5.74, 6) is 0.699. The summed E-state index contributed by atoms with van der Waals surface area (Å²) in [7, 11) is 4.56. The zero-order valence-corrected chi connectivity index (χ0v) is 23.0. The Morgan fingerprint density at radius 3 is 2.39 bits per heavy atom. The van der Waals surface area contributed by atoms with Crippen molar-refractivity contribution < 1.29 is 24.1 Å². The molecule has 9 heteroatoms. The molecule has 0 radical (unpaired) electrons. The van der Waals surface area contributed by atoms with Crippen molar-refractivity contribution in [3.05, 3.63) is 57.0 Å². The highest BCUT2D eigenvalue weighted by atomic mass is 79.9. The SMILES string of the molecule is COC(=O)c1c(CN2CCN(CCO)CC2)cc2c(Cl)cccc2c1-c1cc(Br)c(OC)c(OC)c1. The molecule has 0 aliphatic carbocycles. The fourth-order valence-electron chi connectivity index (χ4n) is 4.82. The molecule has 192 valence electrons. The number of hydrogen-bond donors (Lipinski definition) is 1. The van der Waals surface area contributed by atoms with Crippen LogP contribution in [0.5, 0.6) is 11.5 Å². The van der Waals surface area contributed by atoms with Crippen LogP contribution in [0.3, 0.4) is 0 Å². The minimum absolute atomic E-state index is 0.153. The molecule has 1 aliphatic rings. The number of halogens is 2. The van der Waals surface area contributed by atoms with Gasteiger partial charge in [-0.3, -0.25) is 9.80 Å². The maximum atomic E-state index is 13.3. The highest BCUT2D eigenvalue weighted by Crippen LogP contribution is 2.44. The van der Waals surface area contributed by atoms with Crippen LogP contribution in [-0.2, 0) is 11.3 Å². The molecule has 4 rings (SSSR count). The molecule has 3 aromatic carbocycles. The molecule has 0 bridgehead atoms. The first kappa shape index (κ1) is 26.7. The number of nitrogens with zero attached hydrogens (tertiary/aromatic N) is 2. The summed E-state index contributed by atoms with van der Waals surface area (Å²) in [5, 5.41) is 11.6. The number of piperazine rings is 1. The van der Waals surface area contributed by atoms with Crippen LogP contribution >= 0.6 is 27.5 Å². The van der Waals surface area contributed by atoms with Crippen molar-refractivity contribution in [2.45, 2.75) is 6.54 Å². The van der Waals surface area contributed by atoms with Crippen LogP contribution in [0.2, 0.25) is 5.02 Å². The van der Waals surface area contributed by atoms with E-state index in [9.17, 15) is 9.90 Å². The summed E-state index contributed by atoms with van der Waals surface area (Å²) in [6.45, 7) is 4.78. The van der Waals surface area contributed by atoms with Crippen molar-refractivity contribution >= 4 is 44.3 Å². The van der Waals surface area contributed by atoms with E-state index in [0.717, 1.165) is 53.6 Å². The van der Waals surface area contributed by atoms with Crippen molar-refractivity contribution in [2.75, 3.05) is 60.7 Å². The number of fused-ring (bicyclic) bond motifs is 1. The lowest BCUT2D eigenvalue weighted by atomic mass is 9.89.